The summed E-state index contributed by atoms with van der Waals surface area (Å²) >= 11 is 0. The molecule has 0 radical (unpaired) electrons. The molecular weight excluding hydrogens is 508 g/mol. The third-order valence-electron chi connectivity index (χ3n) is 7.44. The minimum absolute atomic E-state index is 0.0925. The Hall–Kier alpha value is -4.64. The molecule has 0 unspecified atom stereocenters. The van der Waals surface area contributed by atoms with Gasteiger partial charge in [0.25, 0.3) is 5.91 Å². The minimum atomic E-state index is -0.566. The summed E-state index contributed by atoms with van der Waals surface area (Å²) < 4.78 is 11.9. The first-order valence-electron chi connectivity index (χ1n) is 13.4. The third kappa shape index (κ3) is 4.47. The monoisotopic (exact) mass is 540 g/mol. The Bertz CT molecular complexity index is 1760. The first-order valence-corrected chi connectivity index (χ1v) is 13.4. The number of carbonyl (C=O) groups excluding carboxylic acids is 2. The van der Waals surface area contributed by atoms with E-state index in [4.69, 9.17) is 15.5 Å². The van der Waals surface area contributed by atoms with Gasteiger partial charge >= 0.3 is 0 Å². The molecule has 2 aromatic carbocycles. The van der Waals surface area contributed by atoms with Gasteiger partial charge in [0.15, 0.2) is 0 Å². The zero-order valence-electron chi connectivity index (χ0n) is 22.8. The van der Waals surface area contributed by atoms with Crippen molar-refractivity contribution in [2.24, 2.45) is 12.8 Å². The fourth-order valence-electron chi connectivity index (χ4n) is 5.56. The van der Waals surface area contributed by atoms with Gasteiger partial charge in [-0.25, -0.2) is 4.98 Å². The van der Waals surface area contributed by atoms with Crippen molar-refractivity contribution >= 4 is 39.7 Å². The quantitative estimate of drug-likeness (QED) is 0.245. The number of aromatic nitrogens is 5. The largest absolute Gasteiger partial charge is 0.489 e. The average molecular weight is 541 g/mol. The first kappa shape index (κ1) is 25.6. The summed E-state index contributed by atoms with van der Waals surface area (Å²) in [5.41, 5.74) is 10.8. The molecule has 2 amide bonds. The van der Waals surface area contributed by atoms with Crippen molar-refractivity contribution in [3.8, 4) is 5.75 Å². The molecule has 0 saturated carbocycles. The lowest BCUT2D eigenvalue weighted by Gasteiger charge is -2.27. The van der Waals surface area contributed by atoms with Crippen molar-refractivity contribution in [2.45, 2.75) is 39.4 Å². The Morgan fingerprint density at radius 1 is 1.20 bits per heavy atom. The average Bonchev–Trinajstić information content (AvgIpc) is 3.61. The molecule has 4 heterocycles. The fraction of sp³-hybridized carbons (Fsp3) is 0.310. The molecule has 0 aliphatic carbocycles. The number of rotatable bonds is 9. The van der Waals surface area contributed by atoms with Crippen LogP contribution in [0, 0.1) is 6.92 Å². The SMILES string of the molecule is CCn1nc(C)cc1C(=O)Nc1nc2cc(C(N)=O)cc3c2n1[C@@H](CCNCc1cn(C)c2ccccc12)CO3. The predicted molar refractivity (Wildman–Crippen MR) is 153 cm³/mol. The van der Waals surface area contributed by atoms with E-state index in [1.807, 2.05) is 24.5 Å². The third-order valence-corrected chi connectivity index (χ3v) is 7.44. The van der Waals surface area contributed by atoms with E-state index in [0.29, 0.717) is 41.6 Å². The number of primary amides is 1. The molecule has 40 heavy (non-hydrogen) atoms. The van der Waals surface area contributed by atoms with Crippen LogP contribution in [0.25, 0.3) is 21.9 Å². The second kappa shape index (κ2) is 10.2. The number of imidazole rings is 1. The van der Waals surface area contributed by atoms with Gasteiger partial charge in [0.2, 0.25) is 11.9 Å². The summed E-state index contributed by atoms with van der Waals surface area (Å²) in [6, 6.07) is 13.3. The van der Waals surface area contributed by atoms with Crippen molar-refractivity contribution in [1.82, 2.24) is 29.2 Å². The standard InChI is InChI=1S/C29H32N8O3/c1-4-36-24(11-17(2)34-36)28(39)33-29-32-22-12-18(27(30)38)13-25-26(22)37(29)20(16-40-25)9-10-31-14-19-15-35(3)23-8-6-5-7-21(19)23/h5-8,11-13,15,20,31H,4,9-10,14,16H2,1-3H3,(H2,30,38)(H,32,33,39)/t20-/m0/s1. The van der Waals surface area contributed by atoms with Crippen LogP contribution in [-0.2, 0) is 20.1 Å². The lowest BCUT2D eigenvalue weighted by atomic mass is 10.1. The number of para-hydroxylation sites is 1. The molecule has 3 aromatic heterocycles. The molecule has 1 atom stereocenters. The number of anilines is 1. The van der Waals surface area contributed by atoms with E-state index in [-0.39, 0.29) is 11.9 Å². The van der Waals surface area contributed by atoms with Gasteiger partial charge in [0, 0.05) is 42.8 Å². The normalized spacial score (nSPS) is 14.5. The lowest BCUT2D eigenvalue weighted by Crippen LogP contribution is -2.28. The summed E-state index contributed by atoms with van der Waals surface area (Å²) in [5.74, 6) is 0.0504. The number of benzene rings is 2. The fourth-order valence-corrected chi connectivity index (χ4v) is 5.56. The highest BCUT2D eigenvalue weighted by Gasteiger charge is 2.29. The predicted octanol–water partition coefficient (Wildman–Crippen LogP) is 3.52. The van der Waals surface area contributed by atoms with Gasteiger partial charge in [0.1, 0.15) is 23.6 Å². The molecule has 206 valence electrons. The van der Waals surface area contributed by atoms with Crippen LogP contribution in [-0.4, -0.2) is 48.9 Å². The topological polar surface area (TPSA) is 134 Å². The highest BCUT2D eigenvalue weighted by molar-refractivity contribution is 6.04. The lowest BCUT2D eigenvalue weighted by molar-refractivity contribution is 0.0995. The van der Waals surface area contributed by atoms with Gasteiger partial charge in [-0.1, -0.05) is 18.2 Å². The van der Waals surface area contributed by atoms with Crippen LogP contribution in [0.5, 0.6) is 5.75 Å². The number of fused-ring (bicyclic) bond motifs is 1. The summed E-state index contributed by atoms with van der Waals surface area (Å²) in [6.45, 7) is 6.18. The molecule has 0 fully saturated rings. The molecule has 4 N–H and O–H groups in total. The second-order valence-corrected chi connectivity index (χ2v) is 10.2. The number of hydrogen-bond acceptors (Lipinski definition) is 6. The molecule has 0 bridgehead atoms. The molecule has 0 saturated heterocycles. The first-order chi connectivity index (χ1) is 19.3. The highest BCUT2D eigenvalue weighted by Crippen LogP contribution is 2.38. The van der Waals surface area contributed by atoms with Gasteiger partial charge in [-0.15, -0.1) is 0 Å². The number of nitrogens with two attached hydrogens (primary N) is 1. The Kier molecular flexibility index (Phi) is 6.51. The van der Waals surface area contributed by atoms with Gasteiger partial charge in [-0.2, -0.15) is 5.10 Å². The van der Waals surface area contributed by atoms with Crippen LogP contribution < -0.4 is 21.1 Å². The maximum absolute atomic E-state index is 13.3. The maximum Gasteiger partial charge on any atom is 0.276 e. The van der Waals surface area contributed by atoms with E-state index in [2.05, 4.69) is 51.7 Å². The van der Waals surface area contributed by atoms with E-state index >= 15 is 0 Å². The van der Waals surface area contributed by atoms with E-state index in [1.165, 1.54) is 16.5 Å². The summed E-state index contributed by atoms with van der Waals surface area (Å²) in [4.78, 5) is 30.0. The summed E-state index contributed by atoms with van der Waals surface area (Å²) in [7, 11) is 2.06. The van der Waals surface area contributed by atoms with E-state index in [1.54, 1.807) is 22.9 Å². The molecule has 11 nitrogen and oxygen atoms in total. The van der Waals surface area contributed by atoms with Crippen molar-refractivity contribution in [3.63, 3.8) is 0 Å². The van der Waals surface area contributed by atoms with E-state index in [0.717, 1.165) is 30.7 Å². The van der Waals surface area contributed by atoms with Crippen LogP contribution >= 0.6 is 0 Å². The van der Waals surface area contributed by atoms with Crippen LogP contribution in [0.15, 0.2) is 48.7 Å². The van der Waals surface area contributed by atoms with E-state index < -0.39 is 5.91 Å². The van der Waals surface area contributed by atoms with Gasteiger partial charge < -0.3 is 24.9 Å². The summed E-state index contributed by atoms with van der Waals surface area (Å²) in [6.07, 6.45) is 2.89. The number of hydrogen-bond donors (Lipinski definition) is 3. The summed E-state index contributed by atoms with van der Waals surface area (Å²) in [5, 5.41) is 12.2. The molecule has 6 rings (SSSR count). The van der Waals surface area contributed by atoms with E-state index in [9.17, 15) is 9.59 Å². The highest BCUT2D eigenvalue weighted by atomic mass is 16.5. The van der Waals surface area contributed by atoms with Gasteiger partial charge in [0.05, 0.1) is 17.3 Å². The van der Waals surface area contributed by atoms with Crippen LogP contribution in [0.4, 0.5) is 5.95 Å². The Morgan fingerprint density at radius 2 is 2.02 bits per heavy atom. The molecule has 1 aliphatic heterocycles. The van der Waals surface area contributed by atoms with Gasteiger partial charge in [-0.3, -0.25) is 19.6 Å². The number of nitrogens with one attached hydrogen (secondary N) is 2. The Balaban J connectivity index is 1.27. The molecule has 11 heteroatoms. The van der Waals surface area contributed by atoms with Gasteiger partial charge in [-0.05, 0) is 56.6 Å². The zero-order chi connectivity index (χ0) is 28.0. The number of ether oxygens (including phenoxy) is 1. The van der Waals surface area contributed by atoms with Crippen molar-refractivity contribution in [1.29, 1.82) is 0 Å². The van der Waals surface area contributed by atoms with Crippen LogP contribution in [0.1, 0.15) is 51.5 Å². The van der Waals surface area contributed by atoms with Crippen LogP contribution in [0.2, 0.25) is 0 Å². The number of nitrogens with zero attached hydrogens (tertiary/aromatic N) is 5. The number of aryl methyl sites for hydroxylation is 3. The van der Waals surface area contributed by atoms with Crippen molar-refractivity contribution in [3.05, 3.63) is 71.2 Å². The van der Waals surface area contributed by atoms with Crippen LogP contribution in [0.3, 0.4) is 0 Å². The zero-order valence-corrected chi connectivity index (χ0v) is 22.8. The Labute approximate surface area is 230 Å². The molecule has 1 aliphatic rings. The number of carbonyl (C=O) groups is 2. The molecular formula is C29H32N8O3. The number of amides is 2. The van der Waals surface area contributed by atoms with Crippen molar-refractivity contribution < 1.29 is 14.3 Å². The van der Waals surface area contributed by atoms with Crippen molar-refractivity contribution in [2.75, 3.05) is 18.5 Å². The minimum Gasteiger partial charge on any atom is -0.489 e. The molecule has 5 aromatic rings. The smallest absolute Gasteiger partial charge is 0.276 e. The second-order valence-electron chi connectivity index (χ2n) is 10.2. The molecule has 0 spiro atoms. The maximum atomic E-state index is 13.3. The Morgan fingerprint density at radius 3 is 2.83 bits per heavy atom.